The van der Waals surface area contributed by atoms with Crippen LogP contribution in [0, 0.1) is 0 Å². The van der Waals surface area contributed by atoms with Crippen molar-refractivity contribution in [3.8, 4) is 22.3 Å². The summed E-state index contributed by atoms with van der Waals surface area (Å²) in [5, 5.41) is 0. The number of para-hydroxylation sites is 2. The molecular formula is C37H36N7O3P+4. The number of hydrogen-bond acceptors (Lipinski definition) is 3. The van der Waals surface area contributed by atoms with Crippen molar-refractivity contribution < 1.29 is 32.6 Å². The van der Waals surface area contributed by atoms with E-state index in [0.717, 1.165) is 50.5 Å². The second-order valence-corrected chi connectivity index (χ2v) is 13.6. The minimum Gasteiger partial charge on any atom is -0.337 e. The predicted molar refractivity (Wildman–Crippen MR) is 179 cm³/mol. The standard InChI is InChI=1S/C37H33N7O3P/c45-48(46,47)25-24-41-16-8-29(9-17-41)30-10-18-42(19-11-30)26-33-4-3-5-34(38-33)27-43-20-12-31(13-21-43)32-14-22-44(23-15-32)28-37-39-35-6-1-2-7-36(35)40-37/h1-23H,24-28H2/q+1/p+3. The smallest absolute Gasteiger partial charge is 0.331 e. The van der Waals surface area contributed by atoms with Gasteiger partial charge in [0.15, 0.2) is 75.0 Å². The molecule has 48 heavy (non-hydrogen) atoms. The van der Waals surface area contributed by atoms with Gasteiger partial charge >= 0.3 is 7.60 Å². The average Bonchev–Trinajstić information content (AvgIpc) is 3.51. The molecule has 0 fully saturated rings. The van der Waals surface area contributed by atoms with E-state index in [1.807, 2.05) is 67.3 Å². The third-order valence-corrected chi connectivity index (χ3v) is 8.99. The number of nitrogens with zero attached hydrogens (tertiary/aromatic N) is 6. The van der Waals surface area contributed by atoms with E-state index in [1.54, 1.807) is 4.57 Å². The van der Waals surface area contributed by atoms with Crippen molar-refractivity contribution in [1.82, 2.24) is 15.0 Å². The van der Waals surface area contributed by atoms with E-state index in [9.17, 15) is 4.57 Å². The van der Waals surface area contributed by atoms with Crippen LogP contribution in [0.4, 0.5) is 0 Å². The molecular weight excluding hydrogens is 621 g/mol. The quantitative estimate of drug-likeness (QED) is 0.145. The summed E-state index contributed by atoms with van der Waals surface area (Å²) in [6.45, 7) is 2.28. The van der Waals surface area contributed by atoms with E-state index < -0.39 is 7.60 Å². The van der Waals surface area contributed by atoms with Gasteiger partial charge in [-0.05, 0) is 46.5 Å². The van der Waals surface area contributed by atoms with E-state index in [0.29, 0.717) is 19.6 Å². The largest absolute Gasteiger partial charge is 0.337 e. The highest BCUT2D eigenvalue weighted by atomic mass is 31.2. The Morgan fingerprint density at radius 2 is 1.00 bits per heavy atom. The van der Waals surface area contributed by atoms with Gasteiger partial charge in [0.1, 0.15) is 17.5 Å². The van der Waals surface area contributed by atoms with Crippen molar-refractivity contribution in [2.45, 2.75) is 26.2 Å². The Labute approximate surface area is 278 Å². The number of aromatic amines is 1. The van der Waals surface area contributed by atoms with Gasteiger partial charge < -0.3 is 14.8 Å². The van der Waals surface area contributed by atoms with Crippen LogP contribution in [0.3, 0.4) is 0 Å². The van der Waals surface area contributed by atoms with Gasteiger partial charge in [0.05, 0.1) is 11.0 Å². The van der Waals surface area contributed by atoms with Crippen molar-refractivity contribution in [3.05, 3.63) is 158 Å². The molecule has 0 bridgehead atoms. The van der Waals surface area contributed by atoms with E-state index in [2.05, 4.69) is 97.0 Å². The van der Waals surface area contributed by atoms with Gasteiger partial charge in [0, 0.05) is 48.5 Å². The fourth-order valence-electron chi connectivity index (χ4n) is 5.64. The summed E-state index contributed by atoms with van der Waals surface area (Å²) in [6, 6.07) is 30.8. The molecule has 0 atom stereocenters. The molecule has 10 nitrogen and oxygen atoms in total. The third-order valence-electron chi connectivity index (χ3n) is 8.21. The Kier molecular flexibility index (Phi) is 8.94. The molecule has 0 amide bonds. The Morgan fingerprint density at radius 1 is 0.542 bits per heavy atom. The number of imidazole rings is 1. The fourth-order valence-corrected chi connectivity index (χ4v) is 6.13. The maximum absolute atomic E-state index is 11.1. The molecule has 1 aromatic carbocycles. The molecule has 3 N–H and O–H groups in total. The summed E-state index contributed by atoms with van der Waals surface area (Å²) >= 11 is 0. The summed E-state index contributed by atoms with van der Waals surface area (Å²) in [7, 11) is -4.01. The fraction of sp³-hybridized carbons (Fsp3) is 0.135. The van der Waals surface area contributed by atoms with Crippen LogP contribution in [-0.4, -0.2) is 30.9 Å². The number of nitrogens with one attached hydrogen (secondary N) is 1. The van der Waals surface area contributed by atoms with Gasteiger partial charge in [0.2, 0.25) is 6.54 Å². The van der Waals surface area contributed by atoms with Gasteiger partial charge in [0.25, 0.3) is 0 Å². The van der Waals surface area contributed by atoms with E-state index in [4.69, 9.17) is 14.8 Å². The Hall–Kier alpha value is -5.41. The molecule has 0 aliphatic heterocycles. The third kappa shape index (κ3) is 7.93. The first-order valence-electron chi connectivity index (χ1n) is 15.7. The summed E-state index contributed by atoms with van der Waals surface area (Å²) < 4.78 is 19.3. The molecule has 7 aromatic rings. The minimum atomic E-state index is -4.01. The number of fused-ring (bicyclic) bond motifs is 1. The molecule has 0 spiro atoms. The Bertz CT molecular complexity index is 2160. The first-order valence-corrected chi connectivity index (χ1v) is 17.5. The van der Waals surface area contributed by atoms with E-state index >= 15 is 0 Å². The van der Waals surface area contributed by atoms with Crippen molar-refractivity contribution in [3.63, 3.8) is 0 Å². The SMILES string of the molecule is O=P(O)(O)CC[n+]1ccc(-c2cc[n+](Cc3cccc(C[n+]4ccc(-c5cc[n+](Cc6nc7ccccc7[nH]6)cc5)cc4)n3)cc2)cc1. The predicted octanol–water partition coefficient (Wildman–Crippen LogP) is 3.76. The number of rotatable bonds is 11. The molecule has 0 saturated carbocycles. The highest BCUT2D eigenvalue weighted by Crippen LogP contribution is 2.33. The van der Waals surface area contributed by atoms with Gasteiger partial charge in [-0.15, -0.1) is 0 Å². The molecule has 0 aliphatic rings. The van der Waals surface area contributed by atoms with Crippen LogP contribution in [0.2, 0.25) is 0 Å². The molecule has 0 aliphatic carbocycles. The van der Waals surface area contributed by atoms with Crippen molar-refractivity contribution in [1.29, 1.82) is 0 Å². The van der Waals surface area contributed by atoms with Crippen LogP contribution >= 0.6 is 7.60 Å². The summed E-state index contributed by atoms with van der Waals surface area (Å²) in [4.78, 5) is 31.2. The first-order chi connectivity index (χ1) is 23.3. The summed E-state index contributed by atoms with van der Waals surface area (Å²) in [6.07, 6.45) is 15.9. The van der Waals surface area contributed by atoms with Gasteiger partial charge in [-0.2, -0.15) is 13.7 Å². The van der Waals surface area contributed by atoms with Crippen LogP contribution < -0.4 is 18.3 Å². The molecule has 0 saturated heterocycles. The maximum Gasteiger partial charge on any atom is 0.331 e. The van der Waals surface area contributed by atoms with Crippen LogP contribution in [0.5, 0.6) is 0 Å². The van der Waals surface area contributed by atoms with Gasteiger partial charge in [-0.3, -0.25) is 4.57 Å². The zero-order valence-electron chi connectivity index (χ0n) is 26.2. The summed E-state index contributed by atoms with van der Waals surface area (Å²) in [5.74, 6) is 0.933. The molecule has 0 unspecified atom stereocenters. The van der Waals surface area contributed by atoms with Crippen LogP contribution in [0.1, 0.15) is 17.2 Å². The van der Waals surface area contributed by atoms with Crippen LogP contribution in [0.15, 0.2) is 141 Å². The normalized spacial score (nSPS) is 11.6. The molecule has 6 aromatic heterocycles. The maximum atomic E-state index is 11.1. The topological polar surface area (TPSA) is 115 Å². The number of aryl methyl sites for hydroxylation is 1. The number of aromatic nitrogens is 7. The number of hydrogen-bond donors (Lipinski definition) is 3. The Balaban J connectivity index is 0.944. The summed E-state index contributed by atoms with van der Waals surface area (Å²) in [5.41, 5.74) is 8.41. The zero-order chi connectivity index (χ0) is 32.9. The lowest BCUT2D eigenvalue weighted by Crippen LogP contribution is -2.35. The molecule has 6 heterocycles. The first kappa shape index (κ1) is 31.2. The average molecular weight is 658 g/mol. The second-order valence-electron chi connectivity index (χ2n) is 11.8. The van der Waals surface area contributed by atoms with Crippen molar-refractivity contribution >= 4 is 18.6 Å². The van der Waals surface area contributed by atoms with Crippen molar-refractivity contribution in [2.24, 2.45) is 0 Å². The minimum absolute atomic E-state index is 0.177. The lowest BCUT2D eigenvalue weighted by molar-refractivity contribution is -0.692. The van der Waals surface area contributed by atoms with Crippen molar-refractivity contribution in [2.75, 3.05) is 6.16 Å². The lowest BCUT2D eigenvalue weighted by atomic mass is 10.1. The zero-order valence-corrected chi connectivity index (χ0v) is 27.1. The molecule has 7 rings (SSSR count). The highest BCUT2D eigenvalue weighted by molar-refractivity contribution is 7.51. The van der Waals surface area contributed by atoms with E-state index in [1.165, 1.54) is 0 Å². The molecule has 11 heteroatoms. The molecule has 0 radical (unpaired) electrons. The number of H-pyrrole nitrogens is 1. The number of benzene rings is 1. The Morgan fingerprint density at radius 3 is 1.48 bits per heavy atom. The van der Waals surface area contributed by atoms with Gasteiger partial charge in [-0.25, -0.2) is 14.5 Å². The number of pyridine rings is 5. The monoisotopic (exact) mass is 657 g/mol. The van der Waals surface area contributed by atoms with Gasteiger partial charge in [-0.1, -0.05) is 18.2 Å². The second kappa shape index (κ2) is 13.8. The molecule has 238 valence electrons. The highest BCUT2D eigenvalue weighted by Gasteiger charge is 2.16. The van der Waals surface area contributed by atoms with Crippen LogP contribution in [0.25, 0.3) is 33.3 Å². The van der Waals surface area contributed by atoms with E-state index in [-0.39, 0.29) is 12.7 Å². The van der Waals surface area contributed by atoms with Crippen LogP contribution in [-0.2, 0) is 30.7 Å². The lowest BCUT2D eigenvalue weighted by Gasteiger charge is -2.04.